The van der Waals surface area contributed by atoms with Gasteiger partial charge in [-0.05, 0) is 77.7 Å². The van der Waals surface area contributed by atoms with E-state index in [2.05, 4.69) is 67.7 Å². The van der Waals surface area contributed by atoms with Gasteiger partial charge in [0.1, 0.15) is 5.60 Å². The lowest BCUT2D eigenvalue weighted by Crippen LogP contribution is -2.39. The molecule has 0 saturated carbocycles. The fourth-order valence-corrected chi connectivity index (χ4v) is 3.36. The SMILES string of the molecule is CC/C=C\C/C=C\C/C=C\C/C=C\CCC(O)CCN(CCc1ccccc1)C(=O)OC(C)(C)C. The summed E-state index contributed by atoms with van der Waals surface area (Å²) < 4.78 is 5.58. The largest absolute Gasteiger partial charge is 0.444 e. The summed E-state index contributed by atoms with van der Waals surface area (Å²) in [5.74, 6) is 0. The van der Waals surface area contributed by atoms with Gasteiger partial charge in [-0.25, -0.2) is 4.79 Å². The molecule has 1 N–H and O–H groups in total. The van der Waals surface area contributed by atoms with Crippen LogP contribution in [0.1, 0.15) is 78.2 Å². The number of benzene rings is 1. The van der Waals surface area contributed by atoms with E-state index >= 15 is 0 Å². The van der Waals surface area contributed by atoms with Crippen LogP contribution in [0.5, 0.6) is 0 Å². The van der Waals surface area contributed by atoms with Gasteiger partial charge in [-0.1, -0.05) is 85.9 Å². The number of hydrogen-bond acceptors (Lipinski definition) is 3. The Balaban J connectivity index is 2.33. The second-order valence-electron chi connectivity index (χ2n) is 9.72. The summed E-state index contributed by atoms with van der Waals surface area (Å²) in [5, 5.41) is 10.4. The standard InChI is InChI=1S/C31H47NO3/c1-5-6-7-8-9-10-11-12-13-14-15-16-20-23-29(33)25-27-32(30(34)35-31(2,3)4)26-24-28-21-18-17-19-22-28/h6-7,9-10,12-13,15-19,21-22,29,33H,5,8,11,14,20,23-27H2,1-4H3/b7-6-,10-9-,13-12-,16-15-. The molecular weight excluding hydrogens is 434 g/mol. The number of carbonyl (C=O) groups is 1. The van der Waals surface area contributed by atoms with E-state index in [4.69, 9.17) is 4.74 Å². The van der Waals surface area contributed by atoms with Gasteiger partial charge in [-0.15, -0.1) is 0 Å². The van der Waals surface area contributed by atoms with E-state index in [1.165, 1.54) is 5.56 Å². The first-order valence-corrected chi connectivity index (χ1v) is 13.1. The minimum Gasteiger partial charge on any atom is -0.444 e. The van der Waals surface area contributed by atoms with Crippen molar-refractivity contribution in [1.29, 1.82) is 0 Å². The number of carbonyl (C=O) groups excluding carboxylic acids is 1. The maximum atomic E-state index is 12.7. The van der Waals surface area contributed by atoms with E-state index in [9.17, 15) is 9.90 Å². The Labute approximate surface area is 214 Å². The molecule has 194 valence electrons. The normalized spacial score (nSPS) is 13.4. The van der Waals surface area contributed by atoms with Crippen LogP contribution in [0.4, 0.5) is 4.79 Å². The highest BCUT2D eigenvalue weighted by atomic mass is 16.6. The van der Waals surface area contributed by atoms with Gasteiger partial charge in [0.15, 0.2) is 0 Å². The molecule has 1 unspecified atom stereocenters. The summed E-state index contributed by atoms with van der Waals surface area (Å²) in [5.41, 5.74) is 0.642. The Bertz CT molecular complexity index is 787. The summed E-state index contributed by atoms with van der Waals surface area (Å²) in [4.78, 5) is 14.4. The molecule has 0 heterocycles. The maximum absolute atomic E-state index is 12.7. The van der Waals surface area contributed by atoms with Crippen molar-refractivity contribution in [2.24, 2.45) is 0 Å². The van der Waals surface area contributed by atoms with Crippen molar-refractivity contribution in [2.45, 2.75) is 90.8 Å². The molecule has 1 rings (SSSR count). The van der Waals surface area contributed by atoms with Crippen molar-refractivity contribution in [2.75, 3.05) is 13.1 Å². The zero-order chi connectivity index (χ0) is 25.8. The number of nitrogens with zero attached hydrogens (tertiary/aromatic N) is 1. The van der Waals surface area contributed by atoms with E-state index in [0.29, 0.717) is 25.9 Å². The molecule has 1 aromatic carbocycles. The Kier molecular flexibility index (Phi) is 16.3. The predicted molar refractivity (Wildman–Crippen MR) is 149 cm³/mol. The number of rotatable bonds is 16. The molecule has 1 atom stereocenters. The van der Waals surface area contributed by atoms with Crippen LogP contribution in [0.3, 0.4) is 0 Å². The molecule has 0 bridgehead atoms. The molecule has 4 nitrogen and oxygen atoms in total. The Morgan fingerprint density at radius 3 is 2.03 bits per heavy atom. The highest BCUT2D eigenvalue weighted by Crippen LogP contribution is 2.13. The van der Waals surface area contributed by atoms with Gasteiger partial charge in [0.25, 0.3) is 0 Å². The third-order valence-electron chi connectivity index (χ3n) is 5.28. The van der Waals surface area contributed by atoms with E-state index in [1.54, 1.807) is 4.90 Å². The molecule has 0 saturated heterocycles. The van der Waals surface area contributed by atoms with Crippen molar-refractivity contribution in [3.63, 3.8) is 0 Å². The van der Waals surface area contributed by atoms with Crippen LogP contribution in [0.25, 0.3) is 0 Å². The van der Waals surface area contributed by atoms with Crippen LogP contribution in [0.2, 0.25) is 0 Å². The summed E-state index contributed by atoms with van der Waals surface area (Å²) in [6.07, 6.45) is 23.4. The van der Waals surface area contributed by atoms with Gasteiger partial charge in [0.2, 0.25) is 0 Å². The monoisotopic (exact) mass is 481 g/mol. The first-order valence-electron chi connectivity index (χ1n) is 13.1. The number of aliphatic hydroxyl groups excluding tert-OH is 1. The zero-order valence-electron chi connectivity index (χ0n) is 22.4. The molecule has 0 aliphatic carbocycles. The molecule has 0 aromatic heterocycles. The topological polar surface area (TPSA) is 49.8 Å². The van der Waals surface area contributed by atoms with E-state index in [0.717, 1.165) is 38.5 Å². The third-order valence-corrected chi connectivity index (χ3v) is 5.28. The molecule has 35 heavy (non-hydrogen) atoms. The summed E-state index contributed by atoms with van der Waals surface area (Å²) in [7, 11) is 0. The second kappa shape index (κ2) is 18.7. The summed E-state index contributed by atoms with van der Waals surface area (Å²) >= 11 is 0. The van der Waals surface area contributed by atoms with E-state index in [1.807, 2.05) is 39.0 Å². The maximum Gasteiger partial charge on any atom is 0.410 e. The molecule has 0 fully saturated rings. The van der Waals surface area contributed by atoms with Gasteiger partial charge in [0, 0.05) is 13.1 Å². The van der Waals surface area contributed by atoms with Gasteiger partial charge >= 0.3 is 6.09 Å². The van der Waals surface area contributed by atoms with E-state index < -0.39 is 11.7 Å². The molecule has 0 aliphatic heterocycles. The lowest BCUT2D eigenvalue weighted by Gasteiger charge is -2.28. The van der Waals surface area contributed by atoms with Crippen LogP contribution in [0.15, 0.2) is 78.9 Å². The van der Waals surface area contributed by atoms with Gasteiger partial charge in [0.05, 0.1) is 6.10 Å². The first-order chi connectivity index (χ1) is 16.8. The molecule has 4 heteroatoms. The van der Waals surface area contributed by atoms with Crippen molar-refractivity contribution in [3.8, 4) is 0 Å². The van der Waals surface area contributed by atoms with Crippen LogP contribution in [-0.4, -0.2) is 40.9 Å². The number of allylic oxidation sites excluding steroid dienone is 8. The molecule has 1 amide bonds. The quantitative estimate of drug-likeness (QED) is 0.245. The van der Waals surface area contributed by atoms with Crippen LogP contribution >= 0.6 is 0 Å². The average Bonchev–Trinajstić information content (AvgIpc) is 2.81. The van der Waals surface area contributed by atoms with Crippen LogP contribution in [-0.2, 0) is 11.2 Å². The van der Waals surface area contributed by atoms with Crippen molar-refractivity contribution >= 4 is 6.09 Å². The number of hydrogen-bond donors (Lipinski definition) is 1. The Morgan fingerprint density at radius 1 is 0.886 bits per heavy atom. The van der Waals surface area contributed by atoms with Gasteiger partial charge in [-0.3, -0.25) is 0 Å². The zero-order valence-corrected chi connectivity index (χ0v) is 22.4. The number of aliphatic hydroxyl groups is 1. The van der Waals surface area contributed by atoms with Crippen LogP contribution in [0, 0.1) is 0 Å². The molecular formula is C31H47NO3. The lowest BCUT2D eigenvalue weighted by atomic mass is 10.1. The molecule has 0 aliphatic rings. The fourth-order valence-electron chi connectivity index (χ4n) is 3.36. The van der Waals surface area contributed by atoms with Crippen molar-refractivity contribution in [1.82, 2.24) is 4.90 Å². The summed E-state index contributed by atoms with van der Waals surface area (Å²) in [6.45, 7) is 8.82. The number of ether oxygens (including phenoxy) is 1. The van der Waals surface area contributed by atoms with Gasteiger partial charge in [-0.2, -0.15) is 0 Å². The second-order valence-corrected chi connectivity index (χ2v) is 9.72. The van der Waals surface area contributed by atoms with Crippen molar-refractivity contribution in [3.05, 3.63) is 84.5 Å². The summed E-state index contributed by atoms with van der Waals surface area (Å²) in [6, 6.07) is 10.1. The van der Waals surface area contributed by atoms with Crippen LogP contribution < -0.4 is 0 Å². The third kappa shape index (κ3) is 17.5. The van der Waals surface area contributed by atoms with Crippen molar-refractivity contribution < 1.29 is 14.6 Å². The Hall–Kier alpha value is -2.59. The molecule has 0 spiro atoms. The Morgan fingerprint density at radius 2 is 1.46 bits per heavy atom. The first kappa shape index (κ1) is 30.4. The molecule has 0 radical (unpaired) electrons. The van der Waals surface area contributed by atoms with E-state index in [-0.39, 0.29) is 6.09 Å². The number of amides is 1. The minimum absolute atomic E-state index is 0.320. The minimum atomic E-state index is -0.539. The highest BCUT2D eigenvalue weighted by molar-refractivity contribution is 5.68. The fraction of sp³-hybridized carbons (Fsp3) is 0.516. The lowest BCUT2D eigenvalue weighted by molar-refractivity contribution is 0.0222. The average molecular weight is 482 g/mol. The van der Waals surface area contributed by atoms with Gasteiger partial charge < -0.3 is 14.7 Å². The predicted octanol–water partition coefficient (Wildman–Crippen LogP) is 7.80. The smallest absolute Gasteiger partial charge is 0.410 e. The molecule has 1 aromatic rings. The highest BCUT2D eigenvalue weighted by Gasteiger charge is 2.22.